The fraction of sp³-hybridized carbons (Fsp3) is 0.250. The number of amides is 1. The maximum absolute atomic E-state index is 12.7. The molecule has 5 rings (SSSR count). The lowest BCUT2D eigenvalue weighted by Gasteiger charge is -2.34. The van der Waals surface area contributed by atoms with Gasteiger partial charge in [0.1, 0.15) is 0 Å². The highest BCUT2D eigenvalue weighted by Crippen LogP contribution is 2.19. The maximum atomic E-state index is 12.7. The van der Waals surface area contributed by atoms with Crippen LogP contribution in [0.3, 0.4) is 0 Å². The minimum absolute atomic E-state index is 0.0421. The van der Waals surface area contributed by atoms with Gasteiger partial charge in [0.15, 0.2) is 0 Å². The van der Waals surface area contributed by atoms with E-state index < -0.39 is 10.0 Å². The highest BCUT2D eigenvalue weighted by molar-refractivity contribution is 7.89. The molecule has 2 heterocycles. The Labute approximate surface area is 203 Å². The summed E-state index contributed by atoms with van der Waals surface area (Å²) < 4.78 is 29.6. The summed E-state index contributed by atoms with van der Waals surface area (Å²) in [5.41, 5.74) is 0.865. The number of benzene rings is 3. The Bertz CT molecular complexity index is 1430. The van der Waals surface area contributed by atoms with Crippen LogP contribution >= 0.6 is 0 Å². The van der Waals surface area contributed by atoms with Crippen molar-refractivity contribution in [3.05, 3.63) is 72.8 Å². The predicted octanol–water partition coefficient (Wildman–Crippen LogP) is 1.83. The quantitative estimate of drug-likeness (QED) is 0.420. The number of anilines is 1. The highest BCUT2D eigenvalue weighted by atomic mass is 32.2. The van der Waals surface area contributed by atoms with Gasteiger partial charge in [-0.1, -0.05) is 53.6 Å². The number of carbonyl (C=O) groups is 1. The molecule has 11 heteroatoms. The Morgan fingerprint density at radius 3 is 2.37 bits per heavy atom. The van der Waals surface area contributed by atoms with Crippen molar-refractivity contribution in [1.29, 1.82) is 0 Å². The van der Waals surface area contributed by atoms with Crippen molar-refractivity contribution in [1.82, 2.24) is 29.8 Å². The standard InChI is InChI=1S/C24H25N7O3S/c32-23(12-13-25-35(33,34)22-11-10-19-6-4-5-7-20(19)18-22)29-14-16-30(17-15-29)24-26-27-28-31(24)21-8-2-1-3-9-21/h1-11,18,25H,12-17H2. The zero-order chi connectivity index (χ0) is 24.3. The van der Waals surface area contributed by atoms with E-state index in [4.69, 9.17) is 0 Å². The first-order valence-electron chi connectivity index (χ1n) is 11.4. The number of nitrogens with one attached hydrogen (secondary N) is 1. The van der Waals surface area contributed by atoms with Gasteiger partial charge in [0.2, 0.25) is 21.9 Å². The number of aromatic nitrogens is 4. The number of rotatable bonds is 7. The third-order valence-electron chi connectivity index (χ3n) is 6.03. The van der Waals surface area contributed by atoms with Crippen molar-refractivity contribution in [2.45, 2.75) is 11.3 Å². The van der Waals surface area contributed by atoms with Gasteiger partial charge in [-0.15, -0.1) is 0 Å². The molecule has 1 aliphatic heterocycles. The first kappa shape index (κ1) is 22.9. The van der Waals surface area contributed by atoms with E-state index in [1.165, 1.54) is 0 Å². The van der Waals surface area contributed by atoms with Crippen LogP contribution in [-0.4, -0.2) is 72.2 Å². The Hall–Kier alpha value is -3.83. The van der Waals surface area contributed by atoms with E-state index in [0.29, 0.717) is 32.1 Å². The average molecular weight is 492 g/mol. The fourth-order valence-electron chi connectivity index (χ4n) is 4.14. The zero-order valence-electron chi connectivity index (χ0n) is 19.0. The fourth-order valence-corrected chi connectivity index (χ4v) is 5.21. The number of hydrogen-bond donors (Lipinski definition) is 1. The lowest BCUT2D eigenvalue weighted by atomic mass is 10.1. The van der Waals surface area contributed by atoms with Crippen molar-refractivity contribution in [3.63, 3.8) is 0 Å². The second-order valence-electron chi connectivity index (χ2n) is 8.25. The van der Waals surface area contributed by atoms with Gasteiger partial charge in [-0.25, -0.2) is 13.1 Å². The number of tetrazole rings is 1. The molecule has 35 heavy (non-hydrogen) atoms. The molecule has 0 bridgehead atoms. The van der Waals surface area contributed by atoms with E-state index in [0.717, 1.165) is 16.5 Å². The lowest BCUT2D eigenvalue weighted by Crippen LogP contribution is -2.50. The summed E-state index contributed by atoms with van der Waals surface area (Å²) in [5, 5.41) is 13.9. The van der Waals surface area contributed by atoms with Crippen molar-refractivity contribution in [3.8, 4) is 5.69 Å². The number of para-hydroxylation sites is 1. The topological polar surface area (TPSA) is 113 Å². The van der Waals surface area contributed by atoms with Gasteiger partial charge in [-0.2, -0.15) is 4.68 Å². The molecule has 1 amide bonds. The second-order valence-corrected chi connectivity index (χ2v) is 10.0. The summed E-state index contributed by atoms with van der Waals surface area (Å²) in [6.07, 6.45) is 0.0918. The molecule has 1 fully saturated rings. The van der Waals surface area contributed by atoms with Gasteiger partial charge in [0, 0.05) is 39.1 Å². The minimum atomic E-state index is -3.70. The van der Waals surface area contributed by atoms with Crippen molar-refractivity contribution in [2.24, 2.45) is 0 Å². The van der Waals surface area contributed by atoms with E-state index in [9.17, 15) is 13.2 Å². The average Bonchev–Trinajstić information content (AvgIpc) is 3.39. The molecule has 0 atom stereocenters. The van der Waals surface area contributed by atoms with Crippen LogP contribution in [0.2, 0.25) is 0 Å². The molecule has 1 N–H and O–H groups in total. The normalized spacial score (nSPS) is 14.4. The summed E-state index contributed by atoms with van der Waals surface area (Å²) in [6, 6.07) is 22.2. The van der Waals surface area contributed by atoms with Crippen LogP contribution in [-0.2, 0) is 14.8 Å². The predicted molar refractivity (Wildman–Crippen MR) is 132 cm³/mol. The summed E-state index contributed by atoms with van der Waals surface area (Å²) in [7, 11) is -3.70. The minimum Gasteiger partial charge on any atom is -0.339 e. The van der Waals surface area contributed by atoms with Crippen LogP contribution in [0.5, 0.6) is 0 Å². The number of piperazine rings is 1. The van der Waals surface area contributed by atoms with Crippen LogP contribution in [0.4, 0.5) is 5.95 Å². The first-order valence-corrected chi connectivity index (χ1v) is 12.8. The Balaban J connectivity index is 1.14. The first-order chi connectivity index (χ1) is 17.0. The smallest absolute Gasteiger partial charge is 0.250 e. The number of carbonyl (C=O) groups excluding carboxylic acids is 1. The number of hydrogen-bond acceptors (Lipinski definition) is 7. The molecule has 0 radical (unpaired) electrons. The molecular formula is C24H25N7O3S. The van der Waals surface area contributed by atoms with E-state index in [1.54, 1.807) is 27.8 Å². The molecule has 0 aliphatic carbocycles. The molecule has 180 valence electrons. The van der Waals surface area contributed by atoms with Gasteiger partial charge < -0.3 is 9.80 Å². The van der Waals surface area contributed by atoms with E-state index in [2.05, 4.69) is 20.2 Å². The summed E-state index contributed by atoms with van der Waals surface area (Å²) in [6.45, 7) is 2.24. The van der Waals surface area contributed by atoms with Gasteiger partial charge in [0.25, 0.3) is 0 Å². The molecule has 10 nitrogen and oxygen atoms in total. The summed E-state index contributed by atoms with van der Waals surface area (Å²) in [5.74, 6) is 0.542. The van der Waals surface area contributed by atoms with Gasteiger partial charge in [0.05, 0.1) is 10.6 Å². The molecular weight excluding hydrogens is 466 g/mol. The molecule has 1 saturated heterocycles. The van der Waals surface area contributed by atoms with Crippen LogP contribution in [0.15, 0.2) is 77.7 Å². The third kappa shape index (κ3) is 5.00. The van der Waals surface area contributed by atoms with Gasteiger partial charge in [-0.3, -0.25) is 4.79 Å². The van der Waals surface area contributed by atoms with Gasteiger partial charge >= 0.3 is 0 Å². The Morgan fingerprint density at radius 2 is 1.60 bits per heavy atom. The summed E-state index contributed by atoms with van der Waals surface area (Å²) >= 11 is 0. The number of sulfonamides is 1. The van der Waals surface area contributed by atoms with Crippen LogP contribution in [0.25, 0.3) is 16.5 Å². The Kier molecular flexibility index (Phi) is 6.43. The molecule has 0 spiro atoms. The molecule has 1 aliphatic rings. The van der Waals surface area contributed by atoms with E-state index in [-0.39, 0.29) is 23.8 Å². The van der Waals surface area contributed by atoms with Crippen molar-refractivity contribution < 1.29 is 13.2 Å². The molecule has 3 aromatic carbocycles. The summed E-state index contributed by atoms with van der Waals surface area (Å²) in [4.78, 5) is 16.7. The van der Waals surface area contributed by atoms with Crippen LogP contribution in [0.1, 0.15) is 6.42 Å². The lowest BCUT2D eigenvalue weighted by molar-refractivity contribution is -0.131. The Morgan fingerprint density at radius 1 is 0.886 bits per heavy atom. The van der Waals surface area contributed by atoms with Gasteiger partial charge in [-0.05, 0) is 45.5 Å². The van der Waals surface area contributed by atoms with Crippen molar-refractivity contribution in [2.75, 3.05) is 37.6 Å². The van der Waals surface area contributed by atoms with Crippen molar-refractivity contribution >= 4 is 32.7 Å². The van der Waals surface area contributed by atoms with E-state index in [1.807, 2.05) is 59.5 Å². The maximum Gasteiger partial charge on any atom is 0.250 e. The molecule has 1 aromatic heterocycles. The SMILES string of the molecule is O=C(CCNS(=O)(=O)c1ccc2ccccc2c1)N1CCN(c2nnnn2-c2ccccc2)CC1. The highest BCUT2D eigenvalue weighted by Gasteiger charge is 2.25. The van der Waals surface area contributed by atoms with Crippen LogP contribution in [0, 0.1) is 0 Å². The number of nitrogens with zero attached hydrogens (tertiary/aromatic N) is 6. The number of fused-ring (bicyclic) bond motifs is 1. The second kappa shape index (κ2) is 9.80. The molecule has 0 saturated carbocycles. The third-order valence-corrected chi connectivity index (χ3v) is 7.49. The largest absolute Gasteiger partial charge is 0.339 e. The zero-order valence-corrected chi connectivity index (χ0v) is 19.8. The molecule has 4 aromatic rings. The van der Waals surface area contributed by atoms with E-state index >= 15 is 0 Å². The van der Waals surface area contributed by atoms with Crippen LogP contribution < -0.4 is 9.62 Å². The monoisotopic (exact) mass is 491 g/mol. The molecule has 0 unspecified atom stereocenters.